The van der Waals surface area contributed by atoms with Crippen LogP contribution in [0.5, 0.6) is 11.5 Å². The van der Waals surface area contributed by atoms with Crippen molar-refractivity contribution in [3.8, 4) is 11.5 Å². The summed E-state index contributed by atoms with van der Waals surface area (Å²) in [5, 5.41) is 21.3. The van der Waals surface area contributed by atoms with E-state index in [0.29, 0.717) is 17.7 Å². The van der Waals surface area contributed by atoms with E-state index in [2.05, 4.69) is 41.7 Å². The zero-order valence-corrected chi connectivity index (χ0v) is 33.5. The van der Waals surface area contributed by atoms with Gasteiger partial charge in [0.1, 0.15) is 37.5 Å². The van der Waals surface area contributed by atoms with Gasteiger partial charge >= 0.3 is 0 Å². The molecule has 3 rings (SSSR count). The van der Waals surface area contributed by atoms with Crippen molar-refractivity contribution in [3.63, 3.8) is 0 Å². The molecule has 0 spiro atoms. The molecule has 14 heteroatoms. The van der Waals surface area contributed by atoms with Crippen molar-refractivity contribution in [3.05, 3.63) is 72.3 Å². The van der Waals surface area contributed by atoms with Crippen molar-refractivity contribution in [2.75, 3.05) is 39.2 Å². The summed E-state index contributed by atoms with van der Waals surface area (Å²) >= 11 is 0. The minimum absolute atomic E-state index is 0.102. The molecule has 2 atom stereocenters. The number of ether oxygens (including phenoxy) is 2. The molecule has 2 unspecified atom stereocenters. The molecule has 0 aromatic heterocycles. The number of rotatable bonds is 12. The molecule has 2 aromatic carbocycles. The van der Waals surface area contributed by atoms with E-state index >= 15 is 0 Å². The van der Waals surface area contributed by atoms with E-state index in [4.69, 9.17) is 14.6 Å². The first-order chi connectivity index (χ1) is 23.6. The molecule has 1 aliphatic rings. The normalized spacial score (nSPS) is 14.5. The Morgan fingerprint density at radius 1 is 0.865 bits per heavy atom. The smallest absolute Gasteiger partial charge is 0.298 e. The highest BCUT2D eigenvalue weighted by atomic mass is 32.2. The third kappa shape index (κ3) is 23.4. The lowest BCUT2D eigenvalue weighted by Gasteiger charge is -2.18. The van der Waals surface area contributed by atoms with Crippen molar-refractivity contribution < 1.29 is 50.3 Å². The predicted octanol–water partition coefficient (Wildman–Crippen LogP) is 6.63. The molecule has 1 fully saturated rings. The van der Waals surface area contributed by atoms with E-state index in [1.54, 1.807) is 20.8 Å². The number of aliphatic hydroxyl groups is 2. The number of nitrogens with one attached hydrogen (secondary N) is 1. The minimum Gasteiger partial charge on any atom is -0.491 e. The van der Waals surface area contributed by atoms with Crippen LogP contribution in [0.2, 0.25) is 0 Å². The molecule has 0 radical (unpaired) electrons. The Balaban J connectivity index is 0.000000840. The van der Waals surface area contributed by atoms with Gasteiger partial charge in [-0.1, -0.05) is 13.5 Å². The van der Waals surface area contributed by atoms with Crippen LogP contribution in [0.1, 0.15) is 86.8 Å². The molecule has 0 saturated carbocycles. The van der Waals surface area contributed by atoms with E-state index in [9.17, 15) is 31.5 Å². The first-order valence-corrected chi connectivity index (χ1v) is 18.8. The fraction of sp³-hybridized carbons (Fsp3) is 0.605. The summed E-state index contributed by atoms with van der Waals surface area (Å²) in [5.41, 5.74) is -0.734. The van der Waals surface area contributed by atoms with Crippen LogP contribution in [-0.4, -0.2) is 97.6 Å². The molecule has 0 bridgehead atoms. The summed E-state index contributed by atoms with van der Waals surface area (Å²) in [7, 11) is -3.28. The van der Waals surface area contributed by atoms with Crippen LogP contribution in [0.4, 0.5) is 13.2 Å². The van der Waals surface area contributed by atoms with Crippen LogP contribution in [0.3, 0.4) is 0 Å². The molecule has 1 aliphatic heterocycles. The van der Waals surface area contributed by atoms with Gasteiger partial charge in [-0.05, 0) is 123 Å². The van der Waals surface area contributed by atoms with Gasteiger partial charge < -0.3 is 25.0 Å². The lowest BCUT2D eigenvalue weighted by Crippen LogP contribution is -2.39. The second-order valence-corrected chi connectivity index (χ2v) is 16.7. The number of amides is 1. The van der Waals surface area contributed by atoms with E-state index < -0.39 is 40.5 Å². The van der Waals surface area contributed by atoms with Crippen molar-refractivity contribution in [2.45, 2.75) is 110 Å². The lowest BCUT2D eigenvalue weighted by molar-refractivity contribution is -0.117. The standard InChI is InChI=1S/C20H23F3O4.C7H13NO.C6H13N.C5H12O3S/c1-2-16(24)12-26-18-7-3-14(4-8-18)20(22,23)15-5-9-19(10-6-15)27-13-17(25)11-21;1-5-6(9)8-7(2,3)4;1-6(2,3)7-4-5-7;1-5(2,3)8-9(4,6)7/h3-10,16-17,24-25H,2,11-13H2,1H3;5H,1H2,2-4H3,(H,8,9);4-5H2,1-3H3;1-4H3. The summed E-state index contributed by atoms with van der Waals surface area (Å²) in [6.45, 7) is 24.3. The number of halogens is 3. The predicted molar refractivity (Wildman–Crippen MR) is 200 cm³/mol. The van der Waals surface area contributed by atoms with Gasteiger partial charge in [0.05, 0.1) is 18.0 Å². The molecule has 10 nitrogen and oxygen atoms in total. The first-order valence-electron chi connectivity index (χ1n) is 17.0. The highest BCUT2D eigenvalue weighted by Gasteiger charge is 2.34. The Morgan fingerprint density at radius 3 is 1.48 bits per heavy atom. The molecule has 1 saturated heterocycles. The van der Waals surface area contributed by atoms with Crippen molar-refractivity contribution in [2.24, 2.45) is 0 Å². The lowest BCUT2D eigenvalue weighted by atomic mass is 10.0. The van der Waals surface area contributed by atoms with E-state index in [1.807, 2.05) is 27.7 Å². The Labute approximate surface area is 309 Å². The van der Waals surface area contributed by atoms with Crippen LogP contribution in [0.25, 0.3) is 0 Å². The third-order valence-corrected chi connectivity index (χ3v) is 7.25. The van der Waals surface area contributed by atoms with Crippen LogP contribution >= 0.6 is 0 Å². The van der Waals surface area contributed by atoms with Crippen LogP contribution in [-0.2, 0) is 25.0 Å². The van der Waals surface area contributed by atoms with Gasteiger partial charge in [0.15, 0.2) is 0 Å². The molecule has 1 amide bonds. The molecule has 52 heavy (non-hydrogen) atoms. The van der Waals surface area contributed by atoms with Crippen LogP contribution in [0, 0.1) is 0 Å². The Kier molecular flexibility index (Phi) is 20.2. The zero-order valence-electron chi connectivity index (χ0n) is 32.6. The van der Waals surface area contributed by atoms with Crippen LogP contribution < -0.4 is 14.8 Å². The quantitative estimate of drug-likeness (QED) is 0.124. The summed E-state index contributed by atoms with van der Waals surface area (Å²) < 4.78 is 77.5. The number of alkyl halides is 3. The average Bonchev–Trinajstić information content (AvgIpc) is 3.88. The fourth-order valence-corrected chi connectivity index (χ4v) is 4.74. The first kappa shape index (κ1) is 48.8. The SMILES string of the molecule is C=CC(=O)NC(C)(C)C.CC(C)(C)N1CC1.CC(C)(C)OS(C)(=O)=O.CCC(O)COc1ccc(C(F)(F)c2ccc(OCC(O)CF)cc2)cc1. The Morgan fingerprint density at radius 2 is 1.27 bits per heavy atom. The highest BCUT2D eigenvalue weighted by Crippen LogP contribution is 2.37. The van der Waals surface area contributed by atoms with E-state index in [0.717, 1.165) is 6.26 Å². The topological polar surface area (TPSA) is 134 Å². The second-order valence-electron chi connectivity index (χ2n) is 15.1. The van der Waals surface area contributed by atoms with Crippen LogP contribution in [0.15, 0.2) is 61.2 Å². The van der Waals surface area contributed by atoms with Crippen molar-refractivity contribution >= 4 is 16.0 Å². The molecule has 0 aliphatic carbocycles. The number of carbonyl (C=O) groups excluding carboxylic acids is 1. The van der Waals surface area contributed by atoms with Crippen molar-refractivity contribution in [1.29, 1.82) is 0 Å². The number of carbonyl (C=O) groups is 1. The van der Waals surface area contributed by atoms with Gasteiger partial charge in [-0.15, -0.1) is 0 Å². The number of benzene rings is 2. The Hall–Kier alpha value is -3.17. The largest absolute Gasteiger partial charge is 0.491 e. The fourth-order valence-electron chi connectivity index (χ4n) is 3.83. The second kappa shape index (κ2) is 21.5. The summed E-state index contributed by atoms with van der Waals surface area (Å²) in [5.74, 6) is -2.68. The number of hydrogen-bond acceptors (Lipinski definition) is 9. The molecule has 3 N–H and O–H groups in total. The summed E-state index contributed by atoms with van der Waals surface area (Å²) in [6, 6.07) is 10.5. The molecule has 2 aromatic rings. The number of hydrogen-bond donors (Lipinski definition) is 3. The third-order valence-electron chi connectivity index (χ3n) is 6.45. The maximum absolute atomic E-state index is 14.7. The van der Waals surface area contributed by atoms with Gasteiger partial charge in [-0.3, -0.25) is 13.9 Å². The molecular formula is C38H61F3N2O8S. The molecule has 1 heterocycles. The van der Waals surface area contributed by atoms with Gasteiger partial charge in [0, 0.05) is 35.3 Å². The van der Waals surface area contributed by atoms with Gasteiger partial charge in [0.25, 0.3) is 16.0 Å². The maximum Gasteiger partial charge on any atom is 0.298 e. The monoisotopic (exact) mass is 762 g/mol. The van der Waals surface area contributed by atoms with E-state index in [1.165, 1.54) is 67.7 Å². The summed E-state index contributed by atoms with van der Waals surface area (Å²) in [6.07, 6.45) is 1.01. The van der Waals surface area contributed by atoms with Gasteiger partial charge in [-0.2, -0.15) is 17.2 Å². The van der Waals surface area contributed by atoms with Gasteiger partial charge in [-0.25, -0.2) is 4.39 Å². The highest BCUT2D eigenvalue weighted by molar-refractivity contribution is 7.86. The molecule has 298 valence electrons. The van der Waals surface area contributed by atoms with Gasteiger partial charge in [0.2, 0.25) is 5.91 Å². The zero-order chi connectivity index (χ0) is 40.6. The number of aliphatic hydroxyl groups excluding tert-OH is 2. The average molecular weight is 763 g/mol. The summed E-state index contributed by atoms with van der Waals surface area (Å²) in [4.78, 5) is 13.0. The maximum atomic E-state index is 14.7. The Bertz CT molecular complexity index is 1370. The van der Waals surface area contributed by atoms with E-state index in [-0.39, 0.29) is 41.5 Å². The van der Waals surface area contributed by atoms with Crippen molar-refractivity contribution in [1.82, 2.24) is 10.2 Å². The molecular weight excluding hydrogens is 701 g/mol. The minimum atomic E-state index is -3.28. The number of nitrogens with zero attached hydrogens (tertiary/aromatic N) is 1.